The van der Waals surface area contributed by atoms with Crippen LogP contribution in [-0.4, -0.2) is 65.1 Å². The third-order valence-electron chi connectivity index (χ3n) is 5.40. The fourth-order valence-corrected chi connectivity index (χ4v) is 3.84. The minimum Gasteiger partial charge on any atom is -0.343 e. The first-order valence-corrected chi connectivity index (χ1v) is 9.82. The van der Waals surface area contributed by atoms with Gasteiger partial charge in [-0.05, 0) is 37.6 Å². The zero-order valence-electron chi connectivity index (χ0n) is 15.9. The maximum Gasteiger partial charge on any atom is 0.240 e. The van der Waals surface area contributed by atoms with E-state index in [0.717, 1.165) is 25.2 Å². The van der Waals surface area contributed by atoms with Gasteiger partial charge in [0, 0.05) is 32.2 Å². The molecule has 0 bridgehead atoms. The predicted molar refractivity (Wildman–Crippen MR) is 102 cm³/mol. The second-order valence-electron chi connectivity index (χ2n) is 7.52. The molecular formula is C20H27N5O2. The van der Waals surface area contributed by atoms with Gasteiger partial charge in [-0.1, -0.05) is 29.8 Å². The van der Waals surface area contributed by atoms with E-state index >= 15 is 0 Å². The van der Waals surface area contributed by atoms with Gasteiger partial charge < -0.3 is 14.7 Å². The Hall–Kier alpha value is -2.25. The van der Waals surface area contributed by atoms with Gasteiger partial charge in [0.05, 0.1) is 12.5 Å². The van der Waals surface area contributed by atoms with Gasteiger partial charge in [0.25, 0.3) is 0 Å². The highest BCUT2D eigenvalue weighted by molar-refractivity contribution is 5.82. The summed E-state index contributed by atoms with van der Waals surface area (Å²) in [6, 6.07) is 8.06. The summed E-state index contributed by atoms with van der Waals surface area (Å²) >= 11 is 0. The Labute approximate surface area is 159 Å². The van der Waals surface area contributed by atoms with Crippen molar-refractivity contribution in [2.24, 2.45) is 0 Å². The molecule has 7 nitrogen and oxygen atoms in total. The molecule has 0 aliphatic carbocycles. The highest BCUT2D eigenvalue weighted by Crippen LogP contribution is 2.20. The van der Waals surface area contributed by atoms with Crippen molar-refractivity contribution in [3.05, 3.63) is 35.7 Å². The highest BCUT2D eigenvalue weighted by atomic mass is 16.5. The van der Waals surface area contributed by atoms with Crippen molar-refractivity contribution in [2.75, 3.05) is 33.2 Å². The van der Waals surface area contributed by atoms with Crippen LogP contribution in [0.1, 0.15) is 30.7 Å². The third-order valence-corrected chi connectivity index (χ3v) is 5.40. The molecule has 0 radical (unpaired) electrons. The van der Waals surface area contributed by atoms with E-state index in [0.29, 0.717) is 18.1 Å². The number of amides is 1. The van der Waals surface area contributed by atoms with E-state index in [1.165, 1.54) is 37.9 Å². The lowest BCUT2D eigenvalue weighted by molar-refractivity contribution is -0.134. The van der Waals surface area contributed by atoms with E-state index in [9.17, 15) is 4.79 Å². The first-order valence-electron chi connectivity index (χ1n) is 9.82. The number of carbonyl (C=O) groups excluding carboxylic acids is 1. The molecular weight excluding hydrogens is 342 g/mol. The van der Waals surface area contributed by atoms with Crippen LogP contribution in [0, 0.1) is 0 Å². The zero-order valence-corrected chi connectivity index (χ0v) is 15.9. The van der Waals surface area contributed by atoms with Crippen LogP contribution in [-0.2, 0) is 17.8 Å². The number of hydrogen-bond acceptors (Lipinski definition) is 6. The van der Waals surface area contributed by atoms with Crippen LogP contribution in [0.5, 0.6) is 0 Å². The van der Waals surface area contributed by atoms with Gasteiger partial charge in [0.15, 0.2) is 0 Å². The Morgan fingerprint density at radius 3 is 2.93 bits per heavy atom. The summed E-state index contributed by atoms with van der Waals surface area (Å²) in [6.45, 7) is 4.83. The van der Waals surface area contributed by atoms with Gasteiger partial charge in [0.1, 0.15) is 0 Å². The van der Waals surface area contributed by atoms with Crippen molar-refractivity contribution in [3.63, 3.8) is 0 Å². The molecule has 1 unspecified atom stereocenters. The molecule has 2 fully saturated rings. The summed E-state index contributed by atoms with van der Waals surface area (Å²) in [7, 11) is 1.82. The van der Waals surface area contributed by atoms with E-state index in [1.807, 2.05) is 19.2 Å². The summed E-state index contributed by atoms with van der Waals surface area (Å²) in [6.07, 6.45) is 4.34. The van der Waals surface area contributed by atoms with Crippen molar-refractivity contribution in [1.82, 2.24) is 25.3 Å². The van der Waals surface area contributed by atoms with E-state index < -0.39 is 0 Å². The molecule has 0 spiro atoms. The Morgan fingerprint density at radius 1 is 1.22 bits per heavy atom. The van der Waals surface area contributed by atoms with Gasteiger partial charge in [-0.15, -0.1) is 0 Å². The van der Waals surface area contributed by atoms with E-state index in [1.54, 1.807) is 4.90 Å². The molecule has 144 valence electrons. The SMILES string of the molecule is CN1CCNC(Cc2nc(-c3cccc(CN4CCCCC4)c3)no2)C1=O. The van der Waals surface area contributed by atoms with Crippen molar-refractivity contribution < 1.29 is 9.32 Å². The lowest BCUT2D eigenvalue weighted by atomic mass is 10.1. The summed E-state index contributed by atoms with van der Waals surface area (Å²) in [5.41, 5.74) is 2.23. The molecule has 1 amide bonds. The fourth-order valence-electron chi connectivity index (χ4n) is 3.84. The number of likely N-dealkylation sites (tertiary alicyclic amines) is 1. The quantitative estimate of drug-likeness (QED) is 0.865. The minimum atomic E-state index is -0.289. The van der Waals surface area contributed by atoms with Gasteiger partial charge in [0.2, 0.25) is 17.6 Å². The van der Waals surface area contributed by atoms with Gasteiger partial charge in [-0.3, -0.25) is 9.69 Å². The Morgan fingerprint density at radius 2 is 2.07 bits per heavy atom. The lowest BCUT2D eigenvalue weighted by Gasteiger charge is -2.29. The molecule has 0 saturated carbocycles. The number of nitrogens with one attached hydrogen (secondary N) is 1. The lowest BCUT2D eigenvalue weighted by Crippen LogP contribution is -2.54. The number of piperazine rings is 1. The number of likely N-dealkylation sites (N-methyl/N-ethyl adjacent to an activating group) is 1. The van der Waals surface area contributed by atoms with Crippen LogP contribution >= 0.6 is 0 Å². The van der Waals surface area contributed by atoms with Crippen LogP contribution in [0.2, 0.25) is 0 Å². The first kappa shape index (κ1) is 18.1. The van der Waals surface area contributed by atoms with Crippen molar-refractivity contribution in [2.45, 2.75) is 38.3 Å². The smallest absolute Gasteiger partial charge is 0.240 e. The molecule has 1 N–H and O–H groups in total. The summed E-state index contributed by atoms with van der Waals surface area (Å²) < 4.78 is 5.41. The summed E-state index contributed by atoms with van der Waals surface area (Å²) in [4.78, 5) is 21.0. The third kappa shape index (κ3) is 4.36. The molecule has 1 atom stereocenters. The van der Waals surface area contributed by atoms with Crippen LogP contribution in [0.3, 0.4) is 0 Å². The topological polar surface area (TPSA) is 74.5 Å². The molecule has 4 rings (SSSR count). The minimum absolute atomic E-state index is 0.0736. The van der Waals surface area contributed by atoms with E-state index in [4.69, 9.17) is 4.52 Å². The summed E-state index contributed by atoms with van der Waals surface area (Å²) in [5, 5.41) is 7.36. The summed E-state index contributed by atoms with van der Waals surface area (Å²) in [5.74, 6) is 1.15. The predicted octanol–water partition coefficient (Wildman–Crippen LogP) is 1.70. The van der Waals surface area contributed by atoms with Crippen molar-refractivity contribution in [1.29, 1.82) is 0 Å². The van der Waals surface area contributed by atoms with Crippen LogP contribution in [0.15, 0.2) is 28.8 Å². The van der Waals surface area contributed by atoms with Crippen LogP contribution in [0.4, 0.5) is 0 Å². The number of benzene rings is 1. The highest BCUT2D eigenvalue weighted by Gasteiger charge is 2.28. The Kier molecular flexibility index (Phi) is 5.50. The zero-order chi connectivity index (χ0) is 18.6. The second-order valence-corrected chi connectivity index (χ2v) is 7.52. The van der Waals surface area contributed by atoms with Gasteiger partial charge in [-0.2, -0.15) is 4.98 Å². The number of carbonyl (C=O) groups is 1. The Balaban J connectivity index is 1.43. The van der Waals surface area contributed by atoms with Crippen molar-refractivity contribution >= 4 is 5.91 Å². The average molecular weight is 369 g/mol. The standard InChI is InChI=1S/C20H27N5O2/c1-24-11-8-21-17(20(24)26)13-18-22-19(23-27-18)16-7-5-6-15(12-16)14-25-9-3-2-4-10-25/h5-7,12,17,21H,2-4,8-11,13-14H2,1H3. The van der Waals surface area contributed by atoms with Gasteiger partial charge in [-0.25, -0.2) is 0 Å². The first-order chi connectivity index (χ1) is 13.2. The maximum absolute atomic E-state index is 12.2. The van der Waals surface area contributed by atoms with Crippen LogP contribution in [0.25, 0.3) is 11.4 Å². The molecule has 7 heteroatoms. The molecule has 3 heterocycles. The monoisotopic (exact) mass is 369 g/mol. The molecule has 2 aliphatic heterocycles. The largest absolute Gasteiger partial charge is 0.343 e. The van der Waals surface area contributed by atoms with Crippen LogP contribution < -0.4 is 5.32 Å². The van der Waals surface area contributed by atoms with Crippen molar-refractivity contribution in [3.8, 4) is 11.4 Å². The van der Waals surface area contributed by atoms with E-state index in [-0.39, 0.29) is 11.9 Å². The maximum atomic E-state index is 12.2. The normalized spacial score (nSPS) is 21.6. The molecule has 27 heavy (non-hydrogen) atoms. The fraction of sp³-hybridized carbons (Fsp3) is 0.550. The molecule has 2 aromatic rings. The van der Waals surface area contributed by atoms with Gasteiger partial charge >= 0.3 is 0 Å². The van der Waals surface area contributed by atoms with E-state index in [2.05, 4.69) is 32.5 Å². The number of nitrogens with zero attached hydrogens (tertiary/aromatic N) is 4. The number of aromatic nitrogens is 2. The molecule has 2 saturated heterocycles. The number of piperidine rings is 1. The molecule has 1 aromatic carbocycles. The number of rotatable bonds is 5. The Bertz CT molecular complexity index is 784. The number of hydrogen-bond donors (Lipinski definition) is 1. The average Bonchev–Trinajstić information content (AvgIpc) is 3.15. The molecule has 2 aliphatic rings. The molecule has 1 aromatic heterocycles. The second kappa shape index (κ2) is 8.19.